The van der Waals surface area contributed by atoms with E-state index in [-0.39, 0.29) is 18.6 Å². The largest absolute Gasteiger partial charge is 0.496 e. The number of rotatable bonds is 5. The highest BCUT2D eigenvalue weighted by molar-refractivity contribution is 5.57. The normalized spacial score (nSPS) is 15.0. The third-order valence-corrected chi connectivity index (χ3v) is 4.85. The summed E-state index contributed by atoms with van der Waals surface area (Å²) in [5.74, 6) is 0.882. The van der Waals surface area contributed by atoms with E-state index in [0.717, 1.165) is 12.2 Å². The first-order valence-electron chi connectivity index (χ1n) is 7.73. The van der Waals surface area contributed by atoms with Crippen LogP contribution < -0.4 is 4.74 Å². The van der Waals surface area contributed by atoms with Crippen LogP contribution in [0.4, 0.5) is 0 Å². The molecule has 116 valence electrons. The second-order valence-electron chi connectivity index (χ2n) is 5.85. The van der Waals surface area contributed by atoms with Crippen LogP contribution in [0, 0.1) is 0 Å². The Balaban J connectivity index is 2.28. The van der Waals surface area contributed by atoms with Crippen LogP contribution in [0.5, 0.6) is 5.75 Å². The quantitative estimate of drug-likeness (QED) is 0.892. The van der Waals surface area contributed by atoms with Gasteiger partial charge in [0.05, 0.1) is 7.11 Å². The van der Waals surface area contributed by atoms with E-state index in [1.807, 2.05) is 24.3 Å². The van der Waals surface area contributed by atoms with Crippen molar-refractivity contribution < 1.29 is 14.9 Å². The Labute approximate surface area is 131 Å². The van der Waals surface area contributed by atoms with Crippen molar-refractivity contribution >= 4 is 0 Å². The fourth-order valence-electron chi connectivity index (χ4n) is 3.91. The number of hydrogen-bond acceptors (Lipinski definition) is 3. The summed E-state index contributed by atoms with van der Waals surface area (Å²) in [7, 11) is 1.69. The van der Waals surface area contributed by atoms with Gasteiger partial charge >= 0.3 is 0 Å². The molecule has 3 rings (SSSR count). The zero-order valence-corrected chi connectivity index (χ0v) is 12.9. The van der Waals surface area contributed by atoms with Gasteiger partial charge in [-0.1, -0.05) is 36.4 Å². The number of benzene rings is 2. The maximum absolute atomic E-state index is 9.68. The van der Waals surface area contributed by atoms with Gasteiger partial charge in [-0.3, -0.25) is 0 Å². The summed E-state index contributed by atoms with van der Waals surface area (Å²) in [6.45, 7) is 0.177. The van der Waals surface area contributed by atoms with Crippen LogP contribution in [-0.2, 0) is 11.8 Å². The molecule has 0 aromatic heterocycles. The first-order valence-corrected chi connectivity index (χ1v) is 7.73. The second-order valence-corrected chi connectivity index (χ2v) is 5.85. The minimum absolute atomic E-state index is 0.0883. The lowest BCUT2D eigenvalue weighted by Crippen LogP contribution is -2.35. The molecule has 22 heavy (non-hydrogen) atoms. The first kappa shape index (κ1) is 15.1. The fourth-order valence-corrected chi connectivity index (χ4v) is 3.91. The van der Waals surface area contributed by atoms with Crippen LogP contribution in [0.15, 0.2) is 42.5 Å². The van der Waals surface area contributed by atoms with Crippen molar-refractivity contribution in [1.29, 1.82) is 0 Å². The Morgan fingerprint density at radius 3 is 2.32 bits per heavy atom. The molecule has 0 heterocycles. The van der Waals surface area contributed by atoms with Gasteiger partial charge in [-0.05, 0) is 35.6 Å². The van der Waals surface area contributed by atoms with E-state index in [9.17, 15) is 10.2 Å². The minimum atomic E-state index is -0.345. The summed E-state index contributed by atoms with van der Waals surface area (Å²) < 4.78 is 5.55. The minimum Gasteiger partial charge on any atom is -0.496 e. The molecule has 1 aliphatic rings. The standard InChI is InChI=1S/C19H22O3/c1-22-18-8-4-7-17-15(18)13-14-5-2-3-6-16(14)19(17,9-11-20)10-12-21/h2-8,20-21H,9-13H2,1H3. The third-order valence-electron chi connectivity index (χ3n) is 4.85. The van der Waals surface area contributed by atoms with Gasteiger partial charge in [0.1, 0.15) is 5.75 Å². The Morgan fingerprint density at radius 1 is 0.955 bits per heavy atom. The Bertz CT molecular complexity index is 657. The maximum atomic E-state index is 9.68. The molecule has 3 nitrogen and oxygen atoms in total. The number of fused-ring (bicyclic) bond motifs is 2. The van der Waals surface area contributed by atoms with Crippen LogP contribution >= 0.6 is 0 Å². The molecule has 0 saturated heterocycles. The van der Waals surface area contributed by atoms with Crippen LogP contribution in [-0.4, -0.2) is 30.5 Å². The van der Waals surface area contributed by atoms with Crippen molar-refractivity contribution in [1.82, 2.24) is 0 Å². The Hall–Kier alpha value is -1.84. The smallest absolute Gasteiger partial charge is 0.122 e. The molecule has 2 aromatic carbocycles. The molecular weight excluding hydrogens is 276 g/mol. The van der Waals surface area contributed by atoms with Gasteiger partial charge in [-0.2, -0.15) is 0 Å². The molecule has 2 N–H and O–H groups in total. The SMILES string of the molecule is COc1cccc2c1Cc1ccccc1C2(CCO)CCO. The predicted octanol–water partition coefficient (Wildman–Crippen LogP) is 2.65. The highest BCUT2D eigenvalue weighted by Gasteiger charge is 2.40. The summed E-state index contributed by atoms with van der Waals surface area (Å²) in [6, 6.07) is 14.4. The molecule has 0 unspecified atom stereocenters. The second kappa shape index (κ2) is 6.11. The fraction of sp³-hybridized carbons (Fsp3) is 0.368. The molecule has 0 bridgehead atoms. The van der Waals surface area contributed by atoms with E-state index in [4.69, 9.17) is 4.74 Å². The van der Waals surface area contributed by atoms with E-state index < -0.39 is 0 Å². The Morgan fingerprint density at radius 2 is 1.64 bits per heavy atom. The van der Waals surface area contributed by atoms with Gasteiger partial charge < -0.3 is 14.9 Å². The number of methoxy groups -OCH3 is 1. The average Bonchev–Trinajstić information content (AvgIpc) is 2.55. The number of ether oxygens (including phenoxy) is 1. The molecule has 0 atom stereocenters. The molecule has 0 amide bonds. The highest BCUT2D eigenvalue weighted by atomic mass is 16.5. The summed E-state index contributed by atoms with van der Waals surface area (Å²) in [5.41, 5.74) is 4.47. The zero-order chi connectivity index (χ0) is 15.6. The maximum Gasteiger partial charge on any atom is 0.122 e. The van der Waals surface area contributed by atoms with E-state index in [2.05, 4.69) is 18.2 Å². The van der Waals surface area contributed by atoms with Gasteiger partial charge in [0.15, 0.2) is 0 Å². The van der Waals surface area contributed by atoms with Crippen molar-refractivity contribution in [3.63, 3.8) is 0 Å². The van der Waals surface area contributed by atoms with Gasteiger partial charge in [0, 0.05) is 30.6 Å². The van der Waals surface area contributed by atoms with Gasteiger partial charge in [0.25, 0.3) is 0 Å². The summed E-state index contributed by atoms with van der Waals surface area (Å²) in [6.07, 6.45) is 2.03. The predicted molar refractivity (Wildman–Crippen MR) is 86.4 cm³/mol. The van der Waals surface area contributed by atoms with E-state index in [1.54, 1.807) is 7.11 Å². The van der Waals surface area contributed by atoms with Crippen molar-refractivity contribution in [3.8, 4) is 5.75 Å². The summed E-state index contributed by atoms with van der Waals surface area (Å²) in [5, 5.41) is 19.4. The van der Waals surface area contributed by atoms with Crippen molar-refractivity contribution in [2.45, 2.75) is 24.7 Å². The topological polar surface area (TPSA) is 49.7 Å². The lowest BCUT2D eigenvalue weighted by Gasteiger charge is -2.41. The summed E-state index contributed by atoms with van der Waals surface area (Å²) in [4.78, 5) is 0. The van der Waals surface area contributed by atoms with Crippen LogP contribution in [0.2, 0.25) is 0 Å². The van der Waals surface area contributed by atoms with Crippen LogP contribution in [0.25, 0.3) is 0 Å². The van der Waals surface area contributed by atoms with Crippen molar-refractivity contribution in [3.05, 3.63) is 64.7 Å². The zero-order valence-electron chi connectivity index (χ0n) is 12.9. The third kappa shape index (κ3) is 2.21. The van der Waals surface area contributed by atoms with Crippen LogP contribution in [0.1, 0.15) is 35.1 Å². The van der Waals surface area contributed by atoms with Crippen molar-refractivity contribution in [2.24, 2.45) is 0 Å². The average molecular weight is 298 g/mol. The highest BCUT2D eigenvalue weighted by Crippen LogP contribution is 2.48. The van der Waals surface area contributed by atoms with E-state index in [0.29, 0.717) is 12.8 Å². The summed E-state index contributed by atoms with van der Waals surface area (Å²) >= 11 is 0. The Kier molecular flexibility index (Phi) is 4.19. The lowest BCUT2D eigenvalue weighted by molar-refractivity contribution is 0.208. The van der Waals surface area contributed by atoms with Gasteiger partial charge in [0.2, 0.25) is 0 Å². The monoisotopic (exact) mass is 298 g/mol. The number of aliphatic hydroxyl groups excluding tert-OH is 2. The van der Waals surface area contributed by atoms with E-state index >= 15 is 0 Å². The number of hydrogen-bond donors (Lipinski definition) is 2. The molecule has 0 fully saturated rings. The van der Waals surface area contributed by atoms with Gasteiger partial charge in [-0.25, -0.2) is 0 Å². The van der Waals surface area contributed by atoms with Gasteiger partial charge in [-0.15, -0.1) is 0 Å². The van der Waals surface area contributed by atoms with Crippen LogP contribution in [0.3, 0.4) is 0 Å². The molecule has 2 aromatic rings. The molecular formula is C19H22O3. The molecule has 0 saturated carbocycles. The molecule has 0 spiro atoms. The molecule has 0 radical (unpaired) electrons. The van der Waals surface area contributed by atoms with Crippen molar-refractivity contribution in [2.75, 3.05) is 20.3 Å². The first-order chi connectivity index (χ1) is 10.8. The van der Waals surface area contributed by atoms with E-state index in [1.165, 1.54) is 22.3 Å². The lowest BCUT2D eigenvalue weighted by atomic mass is 9.63. The molecule has 3 heteroatoms. The molecule has 0 aliphatic heterocycles. The number of aliphatic hydroxyl groups is 2. The molecule has 1 aliphatic carbocycles.